The molecule has 1 aromatic heterocycles. The number of nitrogens with one attached hydrogen (secondary N) is 1. The number of hydrogen-bond donors (Lipinski definition) is 2. The second kappa shape index (κ2) is 8.87. The molecule has 2 aromatic rings. The van der Waals surface area contributed by atoms with E-state index < -0.39 is 15.3 Å². The van der Waals surface area contributed by atoms with Crippen LogP contribution in [-0.2, 0) is 26.1 Å². The molecule has 0 saturated carbocycles. The van der Waals surface area contributed by atoms with Crippen LogP contribution in [0.3, 0.4) is 0 Å². The molecule has 0 bridgehead atoms. The summed E-state index contributed by atoms with van der Waals surface area (Å²) >= 11 is 1.33. The Morgan fingerprint density at radius 3 is 2.74 bits per heavy atom. The number of nitrogens with two attached hydrogens (primary N) is 1. The summed E-state index contributed by atoms with van der Waals surface area (Å²) in [5.74, 6) is -0.261. The minimum Gasteiger partial charge on any atom is -0.383 e. The van der Waals surface area contributed by atoms with Crippen molar-refractivity contribution in [3.8, 4) is 0 Å². The number of hydrogen-bond acceptors (Lipinski definition) is 6. The summed E-state index contributed by atoms with van der Waals surface area (Å²) in [6, 6.07) is 5.84. The van der Waals surface area contributed by atoms with Gasteiger partial charge in [-0.2, -0.15) is 0 Å². The first-order valence-corrected chi connectivity index (χ1v) is 10.7. The zero-order chi connectivity index (χ0) is 20.2. The van der Waals surface area contributed by atoms with E-state index in [9.17, 15) is 13.2 Å². The molecule has 8 nitrogen and oxygen atoms in total. The third-order valence-electron chi connectivity index (χ3n) is 4.02. The molecule has 1 unspecified atom stereocenters. The number of nitrogens with zero attached hydrogens (tertiary/aromatic N) is 2. The number of aryl methyl sites for hydroxylation is 1. The molecular formula is C17H24N4O4S2. The molecule has 27 heavy (non-hydrogen) atoms. The third kappa shape index (κ3) is 5.55. The number of sulfonamides is 1. The van der Waals surface area contributed by atoms with E-state index in [2.05, 4.69) is 10.3 Å². The van der Waals surface area contributed by atoms with Gasteiger partial charge in [0.15, 0.2) is 5.16 Å². The van der Waals surface area contributed by atoms with Gasteiger partial charge in [-0.05, 0) is 39.0 Å². The SMILES string of the molecule is COCCn1c(SC(C)C(=O)Nc2cccc(S(N)(=O)=O)c2)nc(C)c1C. The van der Waals surface area contributed by atoms with Crippen LogP contribution in [0.15, 0.2) is 34.3 Å². The number of carbonyl (C=O) groups is 1. The molecule has 0 radical (unpaired) electrons. The molecule has 0 saturated heterocycles. The zero-order valence-corrected chi connectivity index (χ0v) is 17.4. The quantitative estimate of drug-likeness (QED) is 0.640. The number of rotatable bonds is 8. The summed E-state index contributed by atoms with van der Waals surface area (Å²) in [6.07, 6.45) is 0. The van der Waals surface area contributed by atoms with Gasteiger partial charge in [0.1, 0.15) is 0 Å². The summed E-state index contributed by atoms with van der Waals surface area (Å²) in [5.41, 5.74) is 2.30. The van der Waals surface area contributed by atoms with Crippen LogP contribution in [0.25, 0.3) is 0 Å². The minimum absolute atomic E-state index is 0.0537. The summed E-state index contributed by atoms with van der Waals surface area (Å²) in [6.45, 7) is 6.86. The number of methoxy groups -OCH3 is 1. The lowest BCUT2D eigenvalue weighted by molar-refractivity contribution is -0.115. The molecule has 3 N–H and O–H groups in total. The maximum atomic E-state index is 12.5. The maximum Gasteiger partial charge on any atom is 0.238 e. The summed E-state index contributed by atoms with van der Waals surface area (Å²) < 4.78 is 30.0. The fraction of sp³-hybridized carbons (Fsp3) is 0.412. The van der Waals surface area contributed by atoms with E-state index in [0.29, 0.717) is 18.8 Å². The van der Waals surface area contributed by atoms with Gasteiger partial charge in [-0.25, -0.2) is 18.5 Å². The lowest BCUT2D eigenvalue weighted by Crippen LogP contribution is -2.23. The Labute approximate surface area is 163 Å². The monoisotopic (exact) mass is 412 g/mol. The number of ether oxygens (including phenoxy) is 1. The lowest BCUT2D eigenvalue weighted by Gasteiger charge is -2.14. The van der Waals surface area contributed by atoms with Gasteiger partial charge in [0.25, 0.3) is 0 Å². The number of aromatic nitrogens is 2. The average Bonchev–Trinajstić information content (AvgIpc) is 2.86. The fourth-order valence-corrected chi connectivity index (χ4v) is 3.95. The van der Waals surface area contributed by atoms with Crippen LogP contribution < -0.4 is 10.5 Å². The van der Waals surface area contributed by atoms with E-state index in [-0.39, 0.29) is 10.8 Å². The number of amides is 1. The molecule has 1 heterocycles. The maximum absolute atomic E-state index is 12.5. The number of primary sulfonamides is 1. The van der Waals surface area contributed by atoms with Crippen LogP contribution in [-0.4, -0.2) is 42.8 Å². The van der Waals surface area contributed by atoms with E-state index in [1.165, 1.54) is 30.0 Å². The Bertz CT molecular complexity index is 925. The standard InChI is InChI=1S/C17H24N4O4S2/c1-11-12(2)21(8-9-25-4)17(19-11)26-13(3)16(22)20-14-6-5-7-15(10-14)27(18,23)24/h5-7,10,13H,8-9H2,1-4H3,(H,20,22)(H2,18,23,24). The Hall–Kier alpha value is -1.88. The Balaban J connectivity index is 2.12. The van der Waals surface area contributed by atoms with Gasteiger partial charge in [0, 0.05) is 25.0 Å². The minimum atomic E-state index is -3.83. The van der Waals surface area contributed by atoms with Crippen LogP contribution in [0.2, 0.25) is 0 Å². The number of anilines is 1. The van der Waals surface area contributed by atoms with E-state index >= 15 is 0 Å². The average molecular weight is 413 g/mol. The Kier molecular flexibility index (Phi) is 7.04. The second-order valence-corrected chi connectivity index (χ2v) is 8.90. The van der Waals surface area contributed by atoms with Crippen LogP contribution in [0.1, 0.15) is 18.3 Å². The molecule has 0 aliphatic carbocycles. The lowest BCUT2D eigenvalue weighted by atomic mass is 10.3. The fourth-order valence-electron chi connectivity index (χ4n) is 2.37. The van der Waals surface area contributed by atoms with Gasteiger partial charge in [0.05, 0.1) is 22.4 Å². The highest BCUT2D eigenvalue weighted by atomic mass is 32.2. The van der Waals surface area contributed by atoms with Crippen LogP contribution in [0, 0.1) is 13.8 Å². The number of thioether (sulfide) groups is 1. The highest BCUT2D eigenvalue weighted by Gasteiger charge is 2.20. The van der Waals surface area contributed by atoms with E-state index in [4.69, 9.17) is 9.88 Å². The van der Waals surface area contributed by atoms with Gasteiger partial charge in [-0.15, -0.1) is 0 Å². The van der Waals surface area contributed by atoms with Crippen LogP contribution >= 0.6 is 11.8 Å². The topological polar surface area (TPSA) is 116 Å². The van der Waals surface area contributed by atoms with Gasteiger partial charge >= 0.3 is 0 Å². The smallest absolute Gasteiger partial charge is 0.238 e. The molecule has 0 aliphatic heterocycles. The molecule has 10 heteroatoms. The molecule has 1 amide bonds. The summed E-state index contributed by atoms with van der Waals surface area (Å²) in [5, 5.41) is 8.14. The van der Waals surface area contributed by atoms with Gasteiger partial charge in [-0.1, -0.05) is 17.8 Å². The molecule has 2 rings (SSSR count). The van der Waals surface area contributed by atoms with Crippen molar-refractivity contribution in [3.63, 3.8) is 0 Å². The zero-order valence-electron chi connectivity index (χ0n) is 15.7. The number of carbonyl (C=O) groups excluding carboxylic acids is 1. The van der Waals surface area contributed by atoms with Crippen molar-refractivity contribution in [2.24, 2.45) is 5.14 Å². The van der Waals surface area contributed by atoms with Crippen LogP contribution in [0.4, 0.5) is 5.69 Å². The van der Waals surface area contributed by atoms with E-state index in [1.807, 2.05) is 18.4 Å². The molecule has 0 spiro atoms. The van der Waals surface area contributed by atoms with Crippen molar-refractivity contribution >= 4 is 33.4 Å². The first-order chi connectivity index (χ1) is 12.6. The largest absolute Gasteiger partial charge is 0.383 e. The molecular weight excluding hydrogens is 388 g/mol. The third-order valence-corrected chi connectivity index (χ3v) is 6.02. The highest BCUT2D eigenvalue weighted by molar-refractivity contribution is 8.00. The van der Waals surface area contributed by atoms with Crippen molar-refractivity contribution in [2.75, 3.05) is 19.0 Å². The predicted octanol–water partition coefficient (Wildman–Crippen LogP) is 1.91. The Morgan fingerprint density at radius 2 is 2.11 bits per heavy atom. The van der Waals surface area contributed by atoms with Crippen molar-refractivity contribution in [1.29, 1.82) is 0 Å². The van der Waals surface area contributed by atoms with Gasteiger partial charge < -0.3 is 14.6 Å². The normalized spacial score (nSPS) is 12.8. The second-order valence-electron chi connectivity index (χ2n) is 6.03. The molecule has 0 fully saturated rings. The van der Waals surface area contributed by atoms with Crippen molar-refractivity contribution in [3.05, 3.63) is 35.7 Å². The number of benzene rings is 1. The van der Waals surface area contributed by atoms with Crippen molar-refractivity contribution < 1.29 is 17.9 Å². The highest BCUT2D eigenvalue weighted by Crippen LogP contribution is 2.26. The molecule has 1 atom stereocenters. The van der Waals surface area contributed by atoms with Crippen LogP contribution in [0.5, 0.6) is 0 Å². The van der Waals surface area contributed by atoms with Gasteiger partial charge in [-0.3, -0.25) is 4.79 Å². The number of imidazole rings is 1. The Morgan fingerprint density at radius 1 is 1.41 bits per heavy atom. The molecule has 148 valence electrons. The molecule has 1 aromatic carbocycles. The first-order valence-electron chi connectivity index (χ1n) is 8.26. The van der Waals surface area contributed by atoms with E-state index in [1.54, 1.807) is 20.1 Å². The first kappa shape index (κ1) is 21.4. The van der Waals surface area contributed by atoms with Crippen molar-refractivity contribution in [2.45, 2.75) is 42.6 Å². The summed E-state index contributed by atoms with van der Waals surface area (Å²) in [7, 11) is -2.19. The summed E-state index contributed by atoms with van der Waals surface area (Å²) in [4.78, 5) is 17.0. The van der Waals surface area contributed by atoms with E-state index in [0.717, 1.165) is 16.5 Å². The van der Waals surface area contributed by atoms with Gasteiger partial charge in [0.2, 0.25) is 15.9 Å². The predicted molar refractivity (Wildman–Crippen MR) is 105 cm³/mol. The molecule has 0 aliphatic rings. The van der Waals surface area contributed by atoms with Crippen molar-refractivity contribution in [1.82, 2.24) is 9.55 Å².